The Balaban J connectivity index is 1.98. The lowest BCUT2D eigenvalue weighted by Crippen LogP contribution is -1.76. The molecule has 4 rings (SSSR count). The molecule has 4 aromatic rings. The molecule has 0 radical (unpaired) electrons. The average Bonchev–Trinajstić information content (AvgIpc) is 2.84. The van der Waals surface area contributed by atoms with Gasteiger partial charge >= 0.3 is 0 Å². The molecular weight excluding hydrogens is 268 g/mol. The number of halogens is 1. The standard InChI is InChI=1S/C18H11ClO/c19-14-7-9-16-15-8-6-13(12-4-2-1-3-5-12)10-17(15)20-18(16)11-14/h1-11H. The van der Waals surface area contributed by atoms with Crippen LogP contribution >= 0.6 is 11.6 Å². The molecule has 1 nitrogen and oxygen atoms in total. The molecule has 2 heteroatoms. The van der Waals surface area contributed by atoms with Gasteiger partial charge in [0.25, 0.3) is 0 Å². The highest BCUT2D eigenvalue weighted by Gasteiger charge is 2.08. The van der Waals surface area contributed by atoms with Crippen LogP contribution in [0, 0.1) is 0 Å². The van der Waals surface area contributed by atoms with Crippen molar-refractivity contribution in [3.05, 3.63) is 71.8 Å². The predicted octanol–water partition coefficient (Wildman–Crippen LogP) is 5.91. The van der Waals surface area contributed by atoms with E-state index in [1.165, 1.54) is 5.56 Å². The molecule has 0 saturated heterocycles. The highest BCUT2D eigenvalue weighted by atomic mass is 35.5. The maximum Gasteiger partial charge on any atom is 0.136 e. The van der Waals surface area contributed by atoms with Gasteiger partial charge in [-0.05, 0) is 35.4 Å². The summed E-state index contributed by atoms with van der Waals surface area (Å²) in [5.41, 5.74) is 4.07. The van der Waals surface area contributed by atoms with Gasteiger partial charge in [-0.2, -0.15) is 0 Å². The van der Waals surface area contributed by atoms with E-state index in [9.17, 15) is 0 Å². The van der Waals surface area contributed by atoms with Gasteiger partial charge in [-0.25, -0.2) is 0 Å². The third-order valence-corrected chi connectivity index (χ3v) is 3.78. The van der Waals surface area contributed by atoms with Crippen molar-refractivity contribution in [1.29, 1.82) is 0 Å². The lowest BCUT2D eigenvalue weighted by atomic mass is 10.0. The molecule has 1 aromatic heterocycles. The van der Waals surface area contributed by atoms with Crippen molar-refractivity contribution in [2.75, 3.05) is 0 Å². The SMILES string of the molecule is Clc1ccc2c(c1)oc1cc(-c3ccccc3)ccc12. The Morgan fingerprint density at radius 2 is 1.35 bits per heavy atom. The second-order valence-corrected chi connectivity index (χ2v) is 5.26. The molecular formula is C18H11ClO. The minimum absolute atomic E-state index is 0.694. The first-order valence-corrected chi connectivity index (χ1v) is 6.86. The minimum Gasteiger partial charge on any atom is -0.456 e. The summed E-state index contributed by atoms with van der Waals surface area (Å²) in [6, 6.07) is 22.4. The zero-order valence-corrected chi connectivity index (χ0v) is 11.4. The van der Waals surface area contributed by atoms with Crippen molar-refractivity contribution >= 4 is 33.5 Å². The number of fused-ring (bicyclic) bond motifs is 3. The van der Waals surface area contributed by atoms with E-state index in [4.69, 9.17) is 16.0 Å². The number of benzene rings is 3. The van der Waals surface area contributed by atoms with Crippen molar-refractivity contribution in [1.82, 2.24) is 0 Å². The van der Waals surface area contributed by atoms with Gasteiger partial charge in [-0.1, -0.05) is 48.0 Å². The molecule has 0 fully saturated rings. The molecule has 0 amide bonds. The van der Waals surface area contributed by atoms with E-state index in [1.54, 1.807) is 0 Å². The van der Waals surface area contributed by atoms with Gasteiger partial charge in [-0.3, -0.25) is 0 Å². The zero-order valence-electron chi connectivity index (χ0n) is 10.6. The second kappa shape index (κ2) is 4.39. The third kappa shape index (κ3) is 1.79. The van der Waals surface area contributed by atoms with Crippen molar-refractivity contribution in [3.8, 4) is 11.1 Å². The fourth-order valence-corrected chi connectivity index (χ4v) is 2.72. The summed E-state index contributed by atoms with van der Waals surface area (Å²) in [6.45, 7) is 0. The molecule has 1 heterocycles. The Morgan fingerprint density at radius 3 is 2.15 bits per heavy atom. The Labute approximate surface area is 121 Å². The molecule has 0 spiro atoms. The van der Waals surface area contributed by atoms with Crippen LogP contribution in [0.25, 0.3) is 33.1 Å². The van der Waals surface area contributed by atoms with Gasteiger partial charge in [0.1, 0.15) is 11.2 Å². The summed E-state index contributed by atoms with van der Waals surface area (Å²) >= 11 is 6.01. The number of hydrogen-bond acceptors (Lipinski definition) is 1. The van der Waals surface area contributed by atoms with E-state index in [1.807, 2.05) is 36.4 Å². The highest BCUT2D eigenvalue weighted by Crippen LogP contribution is 2.33. The van der Waals surface area contributed by atoms with Crippen LogP contribution in [-0.2, 0) is 0 Å². The molecule has 0 bridgehead atoms. The van der Waals surface area contributed by atoms with Crippen LogP contribution < -0.4 is 0 Å². The monoisotopic (exact) mass is 278 g/mol. The molecule has 0 aliphatic rings. The normalized spacial score (nSPS) is 11.2. The smallest absolute Gasteiger partial charge is 0.136 e. The van der Waals surface area contributed by atoms with Gasteiger partial charge in [0, 0.05) is 21.9 Å². The van der Waals surface area contributed by atoms with E-state index < -0.39 is 0 Å². The molecule has 0 saturated carbocycles. The third-order valence-electron chi connectivity index (χ3n) is 3.54. The van der Waals surface area contributed by atoms with Crippen molar-refractivity contribution in [2.24, 2.45) is 0 Å². The van der Waals surface area contributed by atoms with Crippen molar-refractivity contribution in [2.45, 2.75) is 0 Å². The van der Waals surface area contributed by atoms with Crippen LogP contribution in [0.3, 0.4) is 0 Å². The fourth-order valence-electron chi connectivity index (χ4n) is 2.56. The molecule has 0 aliphatic carbocycles. The first-order valence-electron chi connectivity index (χ1n) is 6.48. The molecule has 0 aliphatic heterocycles. The van der Waals surface area contributed by atoms with Crippen molar-refractivity contribution < 1.29 is 4.42 Å². The van der Waals surface area contributed by atoms with Crippen LogP contribution in [0.15, 0.2) is 71.1 Å². The number of furan rings is 1. The molecule has 3 aromatic carbocycles. The number of hydrogen-bond donors (Lipinski definition) is 0. The highest BCUT2D eigenvalue weighted by molar-refractivity contribution is 6.31. The number of rotatable bonds is 1. The maximum atomic E-state index is 6.01. The van der Waals surface area contributed by atoms with Crippen LogP contribution in [0.5, 0.6) is 0 Å². The first kappa shape index (κ1) is 11.6. The average molecular weight is 279 g/mol. The Bertz CT molecular complexity index is 907. The second-order valence-electron chi connectivity index (χ2n) is 4.82. The largest absolute Gasteiger partial charge is 0.456 e. The Morgan fingerprint density at radius 1 is 0.650 bits per heavy atom. The summed E-state index contributed by atoms with van der Waals surface area (Å²) in [5, 5.41) is 2.92. The van der Waals surface area contributed by atoms with Gasteiger partial charge < -0.3 is 4.42 Å². The Hall–Kier alpha value is -2.25. The lowest BCUT2D eigenvalue weighted by molar-refractivity contribution is 0.669. The topological polar surface area (TPSA) is 13.1 Å². The first-order chi connectivity index (χ1) is 9.81. The van der Waals surface area contributed by atoms with E-state index in [0.717, 1.165) is 27.5 Å². The Kier molecular flexibility index (Phi) is 2.54. The summed E-state index contributed by atoms with van der Waals surface area (Å²) in [7, 11) is 0. The molecule has 96 valence electrons. The molecule has 0 N–H and O–H groups in total. The van der Waals surface area contributed by atoms with E-state index in [0.29, 0.717) is 5.02 Å². The van der Waals surface area contributed by atoms with E-state index in [2.05, 4.69) is 30.3 Å². The summed E-state index contributed by atoms with van der Waals surface area (Å²) in [5.74, 6) is 0. The van der Waals surface area contributed by atoms with Crippen molar-refractivity contribution in [3.63, 3.8) is 0 Å². The lowest BCUT2D eigenvalue weighted by Gasteiger charge is -2.00. The summed E-state index contributed by atoms with van der Waals surface area (Å²) < 4.78 is 5.91. The van der Waals surface area contributed by atoms with Gasteiger partial charge in [0.15, 0.2) is 0 Å². The summed E-state index contributed by atoms with van der Waals surface area (Å²) in [4.78, 5) is 0. The minimum atomic E-state index is 0.694. The van der Waals surface area contributed by atoms with Crippen LogP contribution in [0.4, 0.5) is 0 Å². The van der Waals surface area contributed by atoms with E-state index >= 15 is 0 Å². The van der Waals surface area contributed by atoms with Gasteiger partial charge in [-0.15, -0.1) is 0 Å². The van der Waals surface area contributed by atoms with Gasteiger partial charge in [0.2, 0.25) is 0 Å². The van der Waals surface area contributed by atoms with Crippen LogP contribution in [0.1, 0.15) is 0 Å². The molecule has 0 unspecified atom stereocenters. The molecule has 0 atom stereocenters. The zero-order chi connectivity index (χ0) is 13.5. The maximum absolute atomic E-state index is 6.01. The van der Waals surface area contributed by atoms with Crippen LogP contribution in [-0.4, -0.2) is 0 Å². The van der Waals surface area contributed by atoms with Gasteiger partial charge in [0.05, 0.1) is 0 Å². The molecule has 20 heavy (non-hydrogen) atoms. The van der Waals surface area contributed by atoms with E-state index in [-0.39, 0.29) is 0 Å². The predicted molar refractivity (Wildman–Crippen MR) is 84.2 cm³/mol. The fraction of sp³-hybridized carbons (Fsp3) is 0. The van der Waals surface area contributed by atoms with Crippen LogP contribution in [0.2, 0.25) is 5.02 Å². The quantitative estimate of drug-likeness (QED) is 0.422. The summed E-state index contributed by atoms with van der Waals surface area (Å²) in [6.07, 6.45) is 0.